The molecule has 0 amide bonds. The second-order valence-electron chi connectivity index (χ2n) is 2.88. The van der Waals surface area contributed by atoms with Crippen LogP contribution in [0.25, 0.3) is 0 Å². The first-order chi connectivity index (χ1) is 4.30. The van der Waals surface area contributed by atoms with Crippen LogP contribution in [0.2, 0.25) is 0 Å². The molecule has 1 aliphatic heterocycles. The Balaban J connectivity index is 2.23. The first kappa shape index (κ1) is 7.03. The predicted molar refractivity (Wildman–Crippen MR) is 38.2 cm³/mol. The van der Waals surface area contributed by atoms with Crippen molar-refractivity contribution in [3.8, 4) is 0 Å². The third-order valence-corrected chi connectivity index (χ3v) is 2.09. The summed E-state index contributed by atoms with van der Waals surface area (Å²) < 4.78 is 0. The van der Waals surface area contributed by atoms with Crippen LogP contribution in [0.5, 0.6) is 0 Å². The van der Waals surface area contributed by atoms with E-state index in [0.717, 1.165) is 13.1 Å². The molecule has 0 saturated carbocycles. The first-order valence-electron chi connectivity index (χ1n) is 3.72. The van der Waals surface area contributed by atoms with Crippen molar-refractivity contribution in [1.29, 1.82) is 0 Å². The zero-order valence-electron chi connectivity index (χ0n) is 5.98. The standard InChI is InChI=1S/C7H15N2/c1-6(8)7-2-4-9-5-3-7/h6-9H,2-5H2,1H3. The molecule has 1 unspecified atom stereocenters. The summed E-state index contributed by atoms with van der Waals surface area (Å²) in [6.07, 6.45) is 2.40. The number of hydrogen-bond acceptors (Lipinski definition) is 1. The van der Waals surface area contributed by atoms with Crippen LogP contribution in [0.1, 0.15) is 19.8 Å². The molecule has 0 spiro atoms. The molecule has 1 aliphatic rings. The number of rotatable bonds is 1. The Hall–Kier alpha value is -0.0800. The Bertz CT molecular complexity index is 75.0. The van der Waals surface area contributed by atoms with Crippen molar-refractivity contribution in [3.63, 3.8) is 0 Å². The van der Waals surface area contributed by atoms with Crippen LogP contribution in [0.4, 0.5) is 0 Å². The molecule has 0 aliphatic carbocycles. The number of nitrogens with one attached hydrogen (secondary N) is 2. The molecule has 0 aromatic carbocycles. The smallest absolute Gasteiger partial charge is 0.0213 e. The normalized spacial score (nSPS) is 26.0. The highest BCUT2D eigenvalue weighted by molar-refractivity contribution is 4.74. The first-order valence-corrected chi connectivity index (χ1v) is 3.72. The highest BCUT2D eigenvalue weighted by atomic mass is 14.9. The Labute approximate surface area is 56.8 Å². The highest BCUT2D eigenvalue weighted by Crippen LogP contribution is 2.14. The quantitative estimate of drug-likeness (QED) is 0.551. The van der Waals surface area contributed by atoms with Gasteiger partial charge in [0.15, 0.2) is 0 Å². The topological polar surface area (TPSA) is 35.8 Å². The van der Waals surface area contributed by atoms with Crippen molar-refractivity contribution in [2.24, 2.45) is 5.92 Å². The van der Waals surface area contributed by atoms with Crippen molar-refractivity contribution in [3.05, 3.63) is 0 Å². The van der Waals surface area contributed by atoms with E-state index >= 15 is 0 Å². The fourth-order valence-electron chi connectivity index (χ4n) is 1.34. The molecule has 9 heavy (non-hydrogen) atoms. The van der Waals surface area contributed by atoms with Crippen LogP contribution in [-0.4, -0.2) is 19.1 Å². The van der Waals surface area contributed by atoms with Gasteiger partial charge in [-0.1, -0.05) is 0 Å². The monoisotopic (exact) mass is 127 g/mol. The summed E-state index contributed by atoms with van der Waals surface area (Å²) in [7, 11) is 0. The Morgan fingerprint density at radius 2 is 2.00 bits per heavy atom. The van der Waals surface area contributed by atoms with E-state index in [1.165, 1.54) is 12.8 Å². The molecule has 53 valence electrons. The summed E-state index contributed by atoms with van der Waals surface area (Å²) in [6, 6.07) is 0.145. The van der Waals surface area contributed by atoms with E-state index in [9.17, 15) is 0 Å². The maximum atomic E-state index is 7.44. The van der Waals surface area contributed by atoms with E-state index in [1.54, 1.807) is 0 Å². The largest absolute Gasteiger partial charge is 0.317 e. The van der Waals surface area contributed by atoms with Crippen LogP contribution in [0.15, 0.2) is 0 Å². The second-order valence-corrected chi connectivity index (χ2v) is 2.88. The lowest BCUT2D eigenvalue weighted by Gasteiger charge is -2.24. The van der Waals surface area contributed by atoms with Gasteiger partial charge < -0.3 is 5.32 Å². The Kier molecular flexibility index (Phi) is 2.49. The average Bonchev–Trinajstić information content (AvgIpc) is 1.90. The van der Waals surface area contributed by atoms with Crippen molar-refractivity contribution >= 4 is 0 Å². The van der Waals surface area contributed by atoms with Gasteiger partial charge in [-0.3, -0.25) is 5.73 Å². The van der Waals surface area contributed by atoms with E-state index in [1.807, 2.05) is 6.92 Å². The van der Waals surface area contributed by atoms with Crippen molar-refractivity contribution in [1.82, 2.24) is 11.1 Å². The van der Waals surface area contributed by atoms with Crippen LogP contribution in [0, 0.1) is 5.92 Å². The van der Waals surface area contributed by atoms with Crippen LogP contribution in [0.3, 0.4) is 0 Å². The second kappa shape index (κ2) is 3.18. The van der Waals surface area contributed by atoms with Gasteiger partial charge >= 0.3 is 0 Å². The third-order valence-electron chi connectivity index (χ3n) is 2.09. The van der Waals surface area contributed by atoms with E-state index in [0.29, 0.717) is 5.92 Å². The van der Waals surface area contributed by atoms with Crippen molar-refractivity contribution in [2.75, 3.05) is 13.1 Å². The van der Waals surface area contributed by atoms with Gasteiger partial charge in [0.2, 0.25) is 0 Å². The lowest BCUT2D eigenvalue weighted by atomic mass is 9.92. The van der Waals surface area contributed by atoms with Gasteiger partial charge in [0.1, 0.15) is 0 Å². The molecule has 2 nitrogen and oxygen atoms in total. The van der Waals surface area contributed by atoms with Crippen LogP contribution < -0.4 is 11.1 Å². The minimum absolute atomic E-state index is 0.145. The van der Waals surface area contributed by atoms with Gasteiger partial charge in [-0.25, -0.2) is 0 Å². The maximum absolute atomic E-state index is 7.44. The van der Waals surface area contributed by atoms with Gasteiger partial charge in [0.25, 0.3) is 0 Å². The van der Waals surface area contributed by atoms with E-state index in [2.05, 4.69) is 5.32 Å². The molecule has 1 saturated heterocycles. The van der Waals surface area contributed by atoms with E-state index in [4.69, 9.17) is 5.73 Å². The number of hydrogen-bond donors (Lipinski definition) is 1. The van der Waals surface area contributed by atoms with Gasteiger partial charge in [-0.05, 0) is 38.8 Å². The number of piperidine rings is 1. The molecule has 2 N–H and O–H groups in total. The molecule has 1 atom stereocenters. The van der Waals surface area contributed by atoms with Gasteiger partial charge in [0.05, 0.1) is 0 Å². The molecule has 0 bridgehead atoms. The average molecular weight is 127 g/mol. The molecule has 2 heteroatoms. The summed E-state index contributed by atoms with van der Waals surface area (Å²) in [4.78, 5) is 0. The molecule has 0 aromatic rings. The van der Waals surface area contributed by atoms with Gasteiger partial charge in [0, 0.05) is 6.04 Å². The SMILES string of the molecule is CC([NH])C1CCNCC1. The molecular weight excluding hydrogens is 112 g/mol. The summed E-state index contributed by atoms with van der Waals surface area (Å²) in [5.74, 6) is 0.659. The van der Waals surface area contributed by atoms with E-state index < -0.39 is 0 Å². The summed E-state index contributed by atoms with van der Waals surface area (Å²) in [5.41, 5.74) is 7.44. The molecule has 1 fully saturated rings. The molecular formula is C7H15N2. The molecule has 0 aromatic heterocycles. The predicted octanol–water partition coefficient (Wildman–Crippen LogP) is 0.657. The van der Waals surface area contributed by atoms with Crippen LogP contribution >= 0.6 is 0 Å². The zero-order valence-corrected chi connectivity index (χ0v) is 5.98. The highest BCUT2D eigenvalue weighted by Gasteiger charge is 2.16. The Morgan fingerprint density at radius 3 is 2.33 bits per heavy atom. The summed E-state index contributed by atoms with van der Waals surface area (Å²) in [5, 5.41) is 3.29. The van der Waals surface area contributed by atoms with Gasteiger partial charge in [-0.2, -0.15) is 0 Å². The summed E-state index contributed by atoms with van der Waals surface area (Å²) in [6.45, 7) is 4.23. The molecule has 1 radical (unpaired) electrons. The van der Waals surface area contributed by atoms with Crippen LogP contribution in [-0.2, 0) is 0 Å². The lowest BCUT2D eigenvalue weighted by Crippen LogP contribution is -2.33. The molecule has 1 rings (SSSR count). The fraction of sp³-hybridized carbons (Fsp3) is 1.00. The zero-order chi connectivity index (χ0) is 6.69. The van der Waals surface area contributed by atoms with Crippen molar-refractivity contribution in [2.45, 2.75) is 25.8 Å². The van der Waals surface area contributed by atoms with E-state index in [-0.39, 0.29) is 6.04 Å². The summed E-state index contributed by atoms with van der Waals surface area (Å²) >= 11 is 0. The fourth-order valence-corrected chi connectivity index (χ4v) is 1.34. The van der Waals surface area contributed by atoms with Gasteiger partial charge in [-0.15, -0.1) is 0 Å². The third kappa shape index (κ3) is 1.95. The lowest BCUT2D eigenvalue weighted by molar-refractivity contribution is 0.325. The minimum atomic E-state index is 0.145. The van der Waals surface area contributed by atoms with Crippen molar-refractivity contribution < 1.29 is 0 Å². The Morgan fingerprint density at radius 1 is 1.44 bits per heavy atom. The maximum Gasteiger partial charge on any atom is 0.0213 e. The minimum Gasteiger partial charge on any atom is -0.317 e. The molecule has 1 heterocycles.